The number of nitrogens with one attached hydrogen (secondary N) is 1. The summed E-state index contributed by atoms with van der Waals surface area (Å²) in [5.74, 6) is -4.09. The van der Waals surface area contributed by atoms with Crippen LogP contribution in [0, 0.1) is 11.6 Å². The summed E-state index contributed by atoms with van der Waals surface area (Å²) in [6.45, 7) is 1.90. The molecule has 0 saturated carbocycles. The number of benzene rings is 1. The van der Waals surface area contributed by atoms with Crippen molar-refractivity contribution in [1.82, 2.24) is 5.32 Å². The third-order valence-corrected chi connectivity index (χ3v) is 2.63. The van der Waals surface area contributed by atoms with E-state index in [2.05, 4.69) is 5.32 Å². The maximum absolute atomic E-state index is 13.0. The van der Waals surface area contributed by atoms with Gasteiger partial charge in [0.1, 0.15) is 6.04 Å². The monoisotopic (exact) mass is 271 g/mol. The second kappa shape index (κ2) is 6.82. The van der Waals surface area contributed by atoms with Crippen molar-refractivity contribution >= 4 is 11.9 Å². The van der Waals surface area contributed by atoms with Crippen LogP contribution in [0.3, 0.4) is 0 Å². The van der Waals surface area contributed by atoms with Gasteiger partial charge in [0.05, 0.1) is 0 Å². The first-order chi connectivity index (χ1) is 8.95. The quantitative estimate of drug-likeness (QED) is 0.834. The van der Waals surface area contributed by atoms with Gasteiger partial charge in [-0.2, -0.15) is 0 Å². The van der Waals surface area contributed by atoms with E-state index in [1.54, 1.807) is 0 Å². The molecule has 0 saturated heterocycles. The first kappa shape index (κ1) is 15.1. The number of amides is 1. The second-order valence-electron chi connectivity index (χ2n) is 4.14. The molecule has 0 aliphatic rings. The molecular formula is C13H15F2NO3. The fraction of sp³-hybridized carbons (Fsp3) is 0.385. The molecule has 1 atom stereocenters. The Morgan fingerprint density at radius 3 is 2.53 bits per heavy atom. The van der Waals surface area contributed by atoms with Gasteiger partial charge >= 0.3 is 5.97 Å². The second-order valence-corrected chi connectivity index (χ2v) is 4.14. The van der Waals surface area contributed by atoms with Crippen LogP contribution in [-0.2, 0) is 4.79 Å². The van der Waals surface area contributed by atoms with Gasteiger partial charge in [-0.25, -0.2) is 13.6 Å². The smallest absolute Gasteiger partial charge is 0.326 e. The zero-order valence-electron chi connectivity index (χ0n) is 10.5. The maximum atomic E-state index is 13.0. The number of hydrogen-bond donors (Lipinski definition) is 2. The lowest BCUT2D eigenvalue weighted by molar-refractivity contribution is -0.139. The van der Waals surface area contributed by atoms with Gasteiger partial charge in [-0.1, -0.05) is 19.8 Å². The summed E-state index contributed by atoms with van der Waals surface area (Å²) in [6.07, 6.45) is 1.74. The Balaban J connectivity index is 2.75. The minimum atomic E-state index is -1.15. The number of aliphatic carboxylic acids is 1. The molecule has 0 aromatic heterocycles. The van der Waals surface area contributed by atoms with Crippen LogP contribution >= 0.6 is 0 Å². The van der Waals surface area contributed by atoms with Gasteiger partial charge < -0.3 is 10.4 Å². The lowest BCUT2D eigenvalue weighted by Crippen LogP contribution is -2.40. The third kappa shape index (κ3) is 4.31. The van der Waals surface area contributed by atoms with E-state index in [0.717, 1.165) is 24.6 Å². The summed E-state index contributed by atoms with van der Waals surface area (Å²) in [5, 5.41) is 11.2. The molecule has 104 valence electrons. The van der Waals surface area contributed by atoms with Gasteiger partial charge in [-0.05, 0) is 24.6 Å². The molecule has 4 nitrogen and oxygen atoms in total. The number of unbranched alkanes of at least 4 members (excludes halogenated alkanes) is 1. The normalized spacial score (nSPS) is 11.9. The number of rotatable bonds is 6. The summed E-state index contributed by atoms with van der Waals surface area (Å²) < 4.78 is 25.7. The van der Waals surface area contributed by atoms with Crippen molar-refractivity contribution in [2.24, 2.45) is 0 Å². The average molecular weight is 271 g/mol. The molecule has 0 heterocycles. The molecule has 0 unspecified atom stereocenters. The van der Waals surface area contributed by atoms with Crippen molar-refractivity contribution in [2.75, 3.05) is 0 Å². The predicted molar refractivity (Wildman–Crippen MR) is 64.8 cm³/mol. The van der Waals surface area contributed by atoms with Gasteiger partial charge in [-0.15, -0.1) is 0 Å². The van der Waals surface area contributed by atoms with Crippen LogP contribution in [0.15, 0.2) is 18.2 Å². The molecule has 0 spiro atoms. The molecule has 0 radical (unpaired) electrons. The largest absolute Gasteiger partial charge is 0.480 e. The number of halogens is 2. The van der Waals surface area contributed by atoms with Crippen LogP contribution < -0.4 is 5.32 Å². The number of carbonyl (C=O) groups excluding carboxylic acids is 1. The first-order valence-electron chi connectivity index (χ1n) is 5.94. The van der Waals surface area contributed by atoms with E-state index in [1.807, 2.05) is 6.92 Å². The molecule has 0 bridgehead atoms. The summed E-state index contributed by atoms with van der Waals surface area (Å²) in [7, 11) is 0. The van der Waals surface area contributed by atoms with E-state index in [4.69, 9.17) is 5.11 Å². The Kier molecular flexibility index (Phi) is 5.41. The van der Waals surface area contributed by atoms with E-state index < -0.39 is 29.6 Å². The Hall–Kier alpha value is -1.98. The van der Waals surface area contributed by atoms with Crippen LogP contribution in [0.5, 0.6) is 0 Å². The molecule has 2 N–H and O–H groups in total. The number of carbonyl (C=O) groups is 2. The molecular weight excluding hydrogens is 256 g/mol. The highest BCUT2D eigenvalue weighted by Gasteiger charge is 2.20. The summed E-state index contributed by atoms with van der Waals surface area (Å²) >= 11 is 0. The topological polar surface area (TPSA) is 66.4 Å². The lowest BCUT2D eigenvalue weighted by Gasteiger charge is -2.14. The SMILES string of the molecule is CCCC[C@@H](NC(=O)c1ccc(F)c(F)c1)C(=O)O. The predicted octanol–water partition coefficient (Wildman–Crippen LogP) is 2.34. The van der Waals surface area contributed by atoms with Crippen LogP contribution in [-0.4, -0.2) is 23.0 Å². The Bertz CT molecular complexity index is 477. The fourth-order valence-corrected chi connectivity index (χ4v) is 1.54. The molecule has 1 aromatic rings. The Labute approximate surface area is 109 Å². The minimum Gasteiger partial charge on any atom is -0.480 e. The first-order valence-corrected chi connectivity index (χ1v) is 5.94. The van der Waals surface area contributed by atoms with Crippen molar-refractivity contribution in [3.8, 4) is 0 Å². The highest BCUT2D eigenvalue weighted by molar-refractivity contribution is 5.96. The number of carboxylic acids is 1. The molecule has 0 aliphatic heterocycles. The van der Waals surface area contributed by atoms with E-state index in [0.29, 0.717) is 12.8 Å². The van der Waals surface area contributed by atoms with Gasteiger partial charge in [0, 0.05) is 5.56 Å². The summed E-state index contributed by atoms with van der Waals surface area (Å²) in [4.78, 5) is 22.7. The van der Waals surface area contributed by atoms with Gasteiger partial charge in [0.15, 0.2) is 11.6 Å². The molecule has 1 aromatic carbocycles. The highest BCUT2D eigenvalue weighted by atomic mass is 19.2. The molecule has 0 aliphatic carbocycles. The Morgan fingerprint density at radius 1 is 1.32 bits per heavy atom. The standard InChI is InChI=1S/C13H15F2NO3/c1-2-3-4-11(13(18)19)16-12(17)8-5-6-9(14)10(15)7-8/h5-7,11H,2-4H2,1H3,(H,16,17)(H,18,19)/t11-/m1/s1. The summed E-state index contributed by atoms with van der Waals surface area (Å²) in [5.41, 5.74) is -0.110. The fourth-order valence-electron chi connectivity index (χ4n) is 1.54. The number of hydrogen-bond acceptors (Lipinski definition) is 2. The zero-order valence-corrected chi connectivity index (χ0v) is 10.5. The van der Waals surface area contributed by atoms with Crippen molar-refractivity contribution in [3.63, 3.8) is 0 Å². The van der Waals surface area contributed by atoms with Crippen LogP contribution in [0.25, 0.3) is 0 Å². The van der Waals surface area contributed by atoms with Gasteiger partial charge in [0.2, 0.25) is 0 Å². The molecule has 19 heavy (non-hydrogen) atoms. The minimum absolute atomic E-state index is 0.110. The zero-order chi connectivity index (χ0) is 14.4. The maximum Gasteiger partial charge on any atom is 0.326 e. The van der Waals surface area contributed by atoms with Crippen molar-refractivity contribution in [1.29, 1.82) is 0 Å². The molecule has 6 heteroatoms. The van der Waals surface area contributed by atoms with Crippen molar-refractivity contribution in [3.05, 3.63) is 35.4 Å². The third-order valence-electron chi connectivity index (χ3n) is 2.63. The van der Waals surface area contributed by atoms with Gasteiger partial charge in [-0.3, -0.25) is 4.79 Å². The van der Waals surface area contributed by atoms with Gasteiger partial charge in [0.25, 0.3) is 5.91 Å². The lowest BCUT2D eigenvalue weighted by atomic mass is 10.1. The van der Waals surface area contributed by atoms with E-state index >= 15 is 0 Å². The molecule has 0 fully saturated rings. The van der Waals surface area contributed by atoms with E-state index in [9.17, 15) is 18.4 Å². The highest BCUT2D eigenvalue weighted by Crippen LogP contribution is 2.09. The van der Waals surface area contributed by atoms with Crippen LogP contribution in [0.4, 0.5) is 8.78 Å². The molecule has 1 rings (SSSR count). The van der Waals surface area contributed by atoms with E-state index in [1.165, 1.54) is 0 Å². The number of carboxylic acid groups (broad SMARTS) is 1. The van der Waals surface area contributed by atoms with E-state index in [-0.39, 0.29) is 5.56 Å². The molecule has 1 amide bonds. The van der Waals surface area contributed by atoms with Crippen LogP contribution in [0.1, 0.15) is 36.5 Å². The summed E-state index contributed by atoms with van der Waals surface area (Å²) in [6, 6.07) is 1.64. The Morgan fingerprint density at radius 2 is 2.00 bits per heavy atom. The average Bonchev–Trinajstić information content (AvgIpc) is 2.37. The van der Waals surface area contributed by atoms with Crippen LogP contribution in [0.2, 0.25) is 0 Å². The van der Waals surface area contributed by atoms with Crippen molar-refractivity contribution < 1.29 is 23.5 Å². The van der Waals surface area contributed by atoms with Crippen molar-refractivity contribution in [2.45, 2.75) is 32.2 Å².